The SMILES string of the molecule is CCOC(=O)COc1ccc(-c2nc(Oc3c(F)cccc3F)c3sccc3n2)cc1. The molecule has 6 nitrogen and oxygen atoms in total. The van der Waals surface area contributed by atoms with Crippen molar-refractivity contribution in [2.75, 3.05) is 13.2 Å². The highest BCUT2D eigenvalue weighted by molar-refractivity contribution is 7.17. The molecule has 158 valence electrons. The van der Waals surface area contributed by atoms with Crippen molar-refractivity contribution in [2.45, 2.75) is 6.92 Å². The molecule has 4 rings (SSSR count). The molecule has 0 saturated carbocycles. The standard InChI is InChI=1S/C22H16F2N2O4S/c1-2-28-18(27)12-29-14-8-6-13(7-9-14)21-25-17-10-11-31-20(17)22(26-21)30-19-15(23)4-3-5-16(19)24/h3-11H,2,12H2,1H3. The third-order valence-corrected chi connectivity index (χ3v) is 5.06. The Labute approximate surface area is 180 Å². The molecule has 0 fully saturated rings. The summed E-state index contributed by atoms with van der Waals surface area (Å²) in [6.07, 6.45) is 0. The number of para-hydroxylation sites is 1. The molecule has 2 aromatic heterocycles. The predicted octanol–water partition coefficient (Wildman–Crippen LogP) is 5.37. The van der Waals surface area contributed by atoms with Gasteiger partial charge in [0, 0.05) is 5.56 Å². The lowest BCUT2D eigenvalue weighted by atomic mass is 10.2. The summed E-state index contributed by atoms with van der Waals surface area (Å²) in [6, 6.07) is 12.0. The average Bonchev–Trinajstić information content (AvgIpc) is 3.24. The van der Waals surface area contributed by atoms with Crippen LogP contribution in [-0.4, -0.2) is 29.2 Å². The highest BCUT2D eigenvalue weighted by Gasteiger charge is 2.17. The van der Waals surface area contributed by atoms with Gasteiger partial charge in [-0.1, -0.05) is 6.07 Å². The molecule has 0 aliphatic carbocycles. The Morgan fingerprint density at radius 2 is 1.77 bits per heavy atom. The zero-order chi connectivity index (χ0) is 21.8. The third kappa shape index (κ3) is 4.61. The van der Waals surface area contributed by atoms with E-state index in [0.29, 0.717) is 27.4 Å². The zero-order valence-electron chi connectivity index (χ0n) is 16.3. The van der Waals surface area contributed by atoms with E-state index in [4.69, 9.17) is 14.2 Å². The number of nitrogens with zero attached hydrogens (tertiary/aromatic N) is 2. The van der Waals surface area contributed by atoms with Gasteiger partial charge in [0.05, 0.1) is 12.1 Å². The molecule has 0 spiro atoms. The number of ether oxygens (including phenoxy) is 3. The van der Waals surface area contributed by atoms with Gasteiger partial charge in [-0.2, -0.15) is 4.98 Å². The first-order valence-corrected chi connectivity index (χ1v) is 10.2. The second-order valence-electron chi connectivity index (χ2n) is 6.26. The van der Waals surface area contributed by atoms with Gasteiger partial charge >= 0.3 is 5.97 Å². The minimum Gasteiger partial charge on any atom is -0.482 e. The summed E-state index contributed by atoms with van der Waals surface area (Å²) in [7, 11) is 0. The van der Waals surface area contributed by atoms with Crippen molar-refractivity contribution in [3.8, 4) is 28.8 Å². The molecule has 0 amide bonds. The number of benzene rings is 2. The second-order valence-corrected chi connectivity index (χ2v) is 7.17. The summed E-state index contributed by atoms with van der Waals surface area (Å²) in [5, 5.41) is 1.79. The lowest BCUT2D eigenvalue weighted by molar-refractivity contribution is -0.145. The Kier molecular flexibility index (Phi) is 6.03. The molecular weight excluding hydrogens is 426 g/mol. The number of carbonyl (C=O) groups is 1. The molecule has 4 aromatic rings. The van der Waals surface area contributed by atoms with Crippen molar-refractivity contribution >= 4 is 27.5 Å². The van der Waals surface area contributed by atoms with Crippen LogP contribution in [-0.2, 0) is 9.53 Å². The predicted molar refractivity (Wildman–Crippen MR) is 111 cm³/mol. The van der Waals surface area contributed by atoms with Gasteiger partial charge in [-0.05, 0) is 54.8 Å². The van der Waals surface area contributed by atoms with Gasteiger partial charge in [-0.15, -0.1) is 11.3 Å². The first kappa shape index (κ1) is 20.7. The van der Waals surface area contributed by atoms with Crippen LogP contribution in [0.5, 0.6) is 17.4 Å². The van der Waals surface area contributed by atoms with E-state index in [1.165, 1.54) is 17.4 Å². The number of esters is 1. The van der Waals surface area contributed by atoms with Gasteiger partial charge in [0.15, 0.2) is 24.1 Å². The summed E-state index contributed by atoms with van der Waals surface area (Å²) in [5.41, 5.74) is 1.22. The van der Waals surface area contributed by atoms with Crippen LogP contribution in [0.1, 0.15) is 6.92 Å². The van der Waals surface area contributed by atoms with E-state index in [0.717, 1.165) is 12.1 Å². The fraction of sp³-hybridized carbons (Fsp3) is 0.136. The van der Waals surface area contributed by atoms with Gasteiger partial charge in [-0.3, -0.25) is 0 Å². The van der Waals surface area contributed by atoms with Gasteiger partial charge in [0.2, 0.25) is 11.6 Å². The van der Waals surface area contributed by atoms with Crippen molar-refractivity contribution in [3.05, 3.63) is 65.5 Å². The molecule has 2 heterocycles. The smallest absolute Gasteiger partial charge is 0.344 e. The van der Waals surface area contributed by atoms with Gasteiger partial charge < -0.3 is 14.2 Å². The maximum absolute atomic E-state index is 14.1. The molecular formula is C22H16F2N2O4S. The highest BCUT2D eigenvalue weighted by atomic mass is 32.1. The van der Waals surface area contributed by atoms with Crippen LogP contribution in [0.4, 0.5) is 8.78 Å². The molecule has 0 N–H and O–H groups in total. The fourth-order valence-electron chi connectivity index (χ4n) is 2.76. The minimum atomic E-state index is -0.826. The van der Waals surface area contributed by atoms with E-state index in [-0.39, 0.29) is 19.1 Å². The number of halogens is 2. The summed E-state index contributed by atoms with van der Waals surface area (Å²) in [5.74, 6) is -1.79. The Morgan fingerprint density at radius 1 is 1.03 bits per heavy atom. The van der Waals surface area contributed by atoms with Crippen molar-refractivity contribution < 1.29 is 27.8 Å². The van der Waals surface area contributed by atoms with Crippen LogP contribution in [0.15, 0.2) is 53.9 Å². The fourth-order valence-corrected chi connectivity index (χ4v) is 3.51. The summed E-state index contributed by atoms with van der Waals surface area (Å²) < 4.78 is 44.4. The maximum atomic E-state index is 14.1. The number of fused-ring (bicyclic) bond motifs is 1. The van der Waals surface area contributed by atoms with Crippen LogP contribution in [0, 0.1) is 11.6 Å². The monoisotopic (exact) mass is 442 g/mol. The van der Waals surface area contributed by atoms with Gasteiger partial charge in [0.25, 0.3) is 0 Å². The lowest BCUT2D eigenvalue weighted by Gasteiger charge is -2.10. The van der Waals surface area contributed by atoms with Crippen LogP contribution in [0.25, 0.3) is 21.6 Å². The Hall–Kier alpha value is -3.59. The van der Waals surface area contributed by atoms with E-state index >= 15 is 0 Å². The first-order chi connectivity index (χ1) is 15.0. The van der Waals surface area contributed by atoms with E-state index in [1.807, 2.05) is 0 Å². The van der Waals surface area contributed by atoms with Crippen molar-refractivity contribution in [2.24, 2.45) is 0 Å². The first-order valence-electron chi connectivity index (χ1n) is 9.31. The highest BCUT2D eigenvalue weighted by Crippen LogP contribution is 2.35. The number of aromatic nitrogens is 2. The lowest BCUT2D eigenvalue weighted by Crippen LogP contribution is -2.14. The van der Waals surface area contributed by atoms with E-state index < -0.39 is 23.4 Å². The average molecular weight is 442 g/mol. The minimum absolute atomic E-state index is 0.0571. The third-order valence-electron chi connectivity index (χ3n) is 4.16. The molecule has 0 unspecified atom stereocenters. The van der Waals surface area contributed by atoms with Gasteiger partial charge in [0.1, 0.15) is 10.4 Å². The van der Waals surface area contributed by atoms with Crippen molar-refractivity contribution in [3.63, 3.8) is 0 Å². The molecule has 31 heavy (non-hydrogen) atoms. The number of rotatable bonds is 7. The molecule has 0 bridgehead atoms. The number of hydrogen-bond donors (Lipinski definition) is 0. The molecule has 0 saturated heterocycles. The van der Waals surface area contributed by atoms with Crippen molar-refractivity contribution in [1.29, 1.82) is 0 Å². The summed E-state index contributed by atoms with van der Waals surface area (Å²) in [4.78, 5) is 20.3. The van der Waals surface area contributed by atoms with Crippen molar-refractivity contribution in [1.82, 2.24) is 9.97 Å². The molecule has 0 aliphatic heterocycles. The second kappa shape index (κ2) is 9.05. The normalized spacial score (nSPS) is 10.8. The molecule has 0 radical (unpaired) electrons. The molecule has 9 heteroatoms. The zero-order valence-corrected chi connectivity index (χ0v) is 17.1. The van der Waals surface area contributed by atoms with Crippen LogP contribution >= 0.6 is 11.3 Å². The Bertz CT molecular complexity index is 1210. The van der Waals surface area contributed by atoms with E-state index in [9.17, 15) is 13.6 Å². The topological polar surface area (TPSA) is 70.5 Å². The molecule has 0 atom stereocenters. The Morgan fingerprint density at radius 3 is 2.48 bits per heavy atom. The van der Waals surface area contributed by atoms with Crippen LogP contribution in [0.3, 0.4) is 0 Å². The van der Waals surface area contributed by atoms with E-state index in [1.54, 1.807) is 42.6 Å². The summed E-state index contributed by atoms with van der Waals surface area (Å²) >= 11 is 1.31. The quantitative estimate of drug-likeness (QED) is 0.359. The maximum Gasteiger partial charge on any atom is 0.344 e. The van der Waals surface area contributed by atoms with E-state index in [2.05, 4.69) is 9.97 Å². The molecule has 0 aliphatic rings. The number of hydrogen-bond acceptors (Lipinski definition) is 7. The number of thiophene rings is 1. The van der Waals surface area contributed by atoms with Gasteiger partial charge in [-0.25, -0.2) is 18.6 Å². The number of carbonyl (C=O) groups excluding carboxylic acids is 1. The van der Waals surface area contributed by atoms with Crippen LogP contribution in [0.2, 0.25) is 0 Å². The molecule has 2 aromatic carbocycles. The van der Waals surface area contributed by atoms with Crippen LogP contribution < -0.4 is 9.47 Å². The summed E-state index contributed by atoms with van der Waals surface area (Å²) in [6.45, 7) is 1.80. The largest absolute Gasteiger partial charge is 0.482 e. The Balaban J connectivity index is 1.62.